The predicted octanol–water partition coefficient (Wildman–Crippen LogP) is 1.77. The van der Waals surface area contributed by atoms with Crippen LogP contribution < -0.4 is 5.32 Å². The van der Waals surface area contributed by atoms with Crippen molar-refractivity contribution in [2.75, 3.05) is 19.7 Å². The van der Waals surface area contributed by atoms with Crippen molar-refractivity contribution in [3.05, 3.63) is 24.3 Å². The van der Waals surface area contributed by atoms with Gasteiger partial charge in [-0.15, -0.1) is 0 Å². The van der Waals surface area contributed by atoms with E-state index < -0.39 is 0 Å². The first-order valence-electron chi connectivity index (χ1n) is 8.92. The van der Waals surface area contributed by atoms with E-state index in [0.29, 0.717) is 11.8 Å². The Morgan fingerprint density at radius 2 is 2.04 bits per heavy atom. The van der Waals surface area contributed by atoms with Gasteiger partial charge in [-0.25, -0.2) is 0 Å². The van der Waals surface area contributed by atoms with Gasteiger partial charge in [0.15, 0.2) is 0 Å². The minimum atomic E-state index is -0.215. The number of aliphatic hydroxyl groups excluding tert-OH is 1. The van der Waals surface area contributed by atoms with Gasteiger partial charge in [-0.2, -0.15) is 0 Å². The molecule has 1 saturated heterocycles. The van der Waals surface area contributed by atoms with E-state index in [2.05, 4.69) is 29.1 Å². The Kier molecular flexibility index (Phi) is 7.12. The summed E-state index contributed by atoms with van der Waals surface area (Å²) in [7, 11) is 0. The van der Waals surface area contributed by atoms with Crippen molar-refractivity contribution in [1.29, 1.82) is 0 Å². The van der Waals surface area contributed by atoms with Gasteiger partial charge in [0.25, 0.3) is 0 Å². The summed E-state index contributed by atoms with van der Waals surface area (Å²) in [6.07, 6.45) is 7.63. The van der Waals surface area contributed by atoms with Gasteiger partial charge in [0.1, 0.15) is 0 Å². The number of rotatable bonds is 7. The number of likely N-dealkylation sites (tertiary alicyclic amines) is 1. The van der Waals surface area contributed by atoms with Gasteiger partial charge in [-0.05, 0) is 38.0 Å². The van der Waals surface area contributed by atoms with E-state index in [9.17, 15) is 9.90 Å². The highest BCUT2D eigenvalue weighted by Crippen LogP contribution is 2.20. The molecule has 2 atom stereocenters. The molecule has 2 N–H and O–H groups in total. The Bertz CT molecular complexity index is 501. The molecule has 2 rings (SSSR count). The van der Waals surface area contributed by atoms with Gasteiger partial charge in [0.05, 0.1) is 11.7 Å². The summed E-state index contributed by atoms with van der Waals surface area (Å²) in [5.74, 6) is 0.926. The fourth-order valence-electron chi connectivity index (χ4n) is 3.19. The molecule has 6 nitrogen and oxygen atoms in total. The van der Waals surface area contributed by atoms with Crippen LogP contribution >= 0.6 is 0 Å². The number of nitrogens with one attached hydrogen (secondary N) is 1. The van der Waals surface area contributed by atoms with Gasteiger partial charge in [-0.3, -0.25) is 20.1 Å². The molecule has 1 aromatic heterocycles. The van der Waals surface area contributed by atoms with Crippen molar-refractivity contribution < 1.29 is 9.90 Å². The maximum absolute atomic E-state index is 13.0. The van der Waals surface area contributed by atoms with Crippen LogP contribution in [0.5, 0.6) is 0 Å². The third-order valence-corrected chi connectivity index (χ3v) is 4.67. The summed E-state index contributed by atoms with van der Waals surface area (Å²) in [4.78, 5) is 23.3. The van der Waals surface area contributed by atoms with Crippen molar-refractivity contribution >= 4 is 5.91 Å². The van der Waals surface area contributed by atoms with Crippen LogP contribution in [0.25, 0.3) is 0 Å². The summed E-state index contributed by atoms with van der Waals surface area (Å²) in [6, 6.07) is -0.242. The van der Waals surface area contributed by atoms with Crippen molar-refractivity contribution in [1.82, 2.24) is 20.2 Å². The molecule has 0 saturated carbocycles. The van der Waals surface area contributed by atoms with Gasteiger partial charge in [0.2, 0.25) is 5.91 Å². The van der Waals surface area contributed by atoms with Crippen LogP contribution in [-0.2, 0) is 4.79 Å². The minimum absolute atomic E-state index is 0.0265. The van der Waals surface area contributed by atoms with Crippen LogP contribution in [0.2, 0.25) is 0 Å². The molecule has 134 valence electrons. The first-order chi connectivity index (χ1) is 11.5. The Morgan fingerprint density at radius 1 is 1.33 bits per heavy atom. The highest BCUT2D eigenvalue weighted by atomic mass is 16.3. The Labute approximate surface area is 144 Å². The van der Waals surface area contributed by atoms with Gasteiger partial charge < -0.3 is 10.0 Å². The number of aromatic nitrogens is 2. The van der Waals surface area contributed by atoms with Crippen molar-refractivity contribution in [2.24, 2.45) is 11.8 Å². The number of carbonyl (C=O) groups is 1. The molecule has 1 aliphatic heterocycles. The van der Waals surface area contributed by atoms with E-state index in [0.717, 1.165) is 38.0 Å². The van der Waals surface area contributed by atoms with E-state index >= 15 is 0 Å². The van der Waals surface area contributed by atoms with Crippen molar-refractivity contribution in [3.8, 4) is 0 Å². The van der Waals surface area contributed by atoms with Crippen LogP contribution in [0.15, 0.2) is 18.6 Å². The number of amides is 1. The van der Waals surface area contributed by atoms with Crippen LogP contribution in [0.4, 0.5) is 0 Å². The Balaban J connectivity index is 2.00. The van der Waals surface area contributed by atoms with Crippen LogP contribution in [0.3, 0.4) is 0 Å². The van der Waals surface area contributed by atoms with E-state index in [1.165, 1.54) is 0 Å². The molecule has 1 amide bonds. The Hall–Kier alpha value is -1.53. The number of hydrogen-bond acceptors (Lipinski definition) is 5. The van der Waals surface area contributed by atoms with Gasteiger partial charge >= 0.3 is 0 Å². The van der Waals surface area contributed by atoms with E-state index in [4.69, 9.17) is 0 Å². The van der Waals surface area contributed by atoms with Gasteiger partial charge in [0, 0.05) is 44.3 Å². The summed E-state index contributed by atoms with van der Waals surface area (Å²) in [5, 5.41) is 12.7. The van der Waals surface area contributed by atoms with E-state index in [-0.39, 0.29) is 24.6 Å². The molecule has 24 heavy (non-hydrogen) atoms. The maximum Gasteiger partial charge on any atom is 0.239 e. The largest absolute Gasteiger partial charge is 0.396 e. The van der Waals surface area contributed by atoms with E-state index in [1.54, 1.807) is 18.6 Å². The number of aliphatic hydroxyl groups is 1. The molecule has 1 aromatic rings. The predicted molar refractivity (Wildman–Crippen MR) is 93.2 cm³/mol. The maximum atomic E-state index is 13.0. The molecule has 6 heteroatoms. The standard InChI is InChI=1S/C18H30N4O2/c1-13(2)10-16(21-14(3)17-11-19-6-7-20-17)18(24)22-8-4-15(12-23)5-9-22/h6-7,11,13-16,21,23H,4-5,8-10,12H2,1-3H3. The lowest BCUT2D eigenvalue weighted by atomic mass is 9.96. The van der Waals surface area contributed by atoms with Crippen LogP contribution in [0.1, 0.15) is 51.8 Å². The molecule has 0 aliphatic carbocycles. The zero-order valence-corrected chi connectivity index (χ0v) is 15.0. The summed E-state index contributed by atoms with van der Waals surface area (Å²) in [5.41, 5.74) is 0.845. The highest BCUT2D eigenvalue weighted by molar-refractivity contribution is 5.82. The molecule has 2 unspecified atom stereocenters. The minimum Gasteiger partial charge on any atom is -0.396 e. The second-order valence-electron chi connectivity index (χ2n) is 7.15. The quantitative estimate of drug-likeness (QED) is 0.794. The average molecular weight is 334 g/mol. The molecule has 0 spiro atoms. The molecular formula is C18H30N4O2. The molecule has 1 aliphatic rings. The summed E-state index contributed by atoms with van der Waals surface area (Å²) < 4.78 is 0. The number of hydrogen-bond donors (Lipinski definition) is 2. The lowest BCUT2D eigenvalue weighted by Crippen LogP contribution is -2.50. The molecular weight excluding hydrogens is 304 g/mol. The van der Waals surface area contributed by atoms with Crippen molar-refractivity contribution in [3.63, 3.8) is 0 Å². The first-order valence-corrected chi connectivity index (χ1v) is 8.92. The lowest BCUT2D eigenvalue weighted by molar-refractivity contribution is -0.135. The van der Waals surface area contributed by atoms with Crippen LogP contribution in [0, 0.1) is 11.8 Å². The normalized spacial score (nSPS) is 18.6. The zero-order chi connectivity index (χ0) is 17.5. The highest BCUT2D eigenvalue weighted by Gasteiger charge is 2.29. The second-order valence-corrected chi connectivity index (χ2v) is 7.15. The van der Waals surface area contributed by atoms with Gasteiger partial charge in [-0.1, -0.05) is 13.8 Å². The number of piperidine rings is 1. The SMILES string of the molecule is CC(C)CC(NC(C)c1cnccn1)C(=O)N1CCC(CO)CC1. The molecule has 0 radical (unpaired) electrons. The monoisotopic (exact) mass is 334 g/mol. The topological polar surface area (TPSA) is 78.4 Å². The molecule has 2 heterocycles. The Morgan fingerprint density at radius 3 is 2.58 bits per heavy atom. The van der Waals surface area contributed by atoms with E-state index in [1.807, 2.05) is 11.8 Å². The smallest absolute Gasteiger partial charge is 0.239 e. The molecule has 1 fully saturated rings. The van der Waals surface area contributed by atoms with Crippen LogP contribution in [-0.4, -0.2) is 51.6 Å². The average Bonchev–Trinajstić information content (AvgIpc) is 2.61. The van der Waals surface area contributed by atoms with Crippen molar-refractivity contribution in [2.45, 2.75) is 52.1 Å². The third-order valence-electron chi connectivity index (χ3n) is 4.67. The number of carbonyl (C=O) groups excluding carboxylic acids is 1. The summed E-state index contributed by atoms with van der Waals surface area (Å²) in [6.45, 7) is 7.97. The molecule has 0 aromatic carbocycles. The zero-order valence-electron chi connectivity index (χ0n) is 15.0. The molecule has 0 bridgehead atoms. The second kappa shape index (κ2) is 9.08. The fraction of sp³-hybridized carbons (Fsp3) is 0.722. The summed E-state index contributed by atoms with van der Waals surface area (Å²) >= 11 is 0. The fourth-order valence-corrected chi connectivity index (χ4v) is 3.19. The lowest BCUT2D eigenvalue weighted by Gasteiger charge is -2.35. The first kappa shape index (κ1) is 18.8. The number of nitrogens with zero attached hydrogens (tertiary/aromatic N) is 3. The third kappa shape index (κ3) is 5.24.